The third kappa shape index (κ3) is 5.61. The van der Waals surface area contributed by atoms with Gasteiger partial charge in [0.1, 0.15) is 5.82 Å². The van der Waals surface area contributed by atoms with Crippen LogP contribution >= 0.6 is 0 Å². The van der Waals surface area contributed by atoms with E-state index in [-0.39, 0.29) is 31.0 Å². The Morgan fingerprint density at radius 1 is 1.03 bits per heavy atom. The van der Waals surface area contributed by atoms with E-state index in [1.165, 1.54) is 4.57 Å². The first-order chi connectivity index (χ1) is 16.2. The zero-order valence-corrected chi connectivity index (χ0v) is 19.5. The van der Waals surface area contributed by atoms with Gasteiger partial charge in [0.2, 0.25) is 0 Å². The highest BCUT2D eigenvalue weighted by atomic mass is 16.5. The van der Waals surface area contributed by atoms with Crippen LogP contribution in [0, 0.1) is 13.8 Å². The van der Waals surface area contributed by atoms with Gasteiger partial charge >= 0.3 is 11.7 Å². The number of anilines is 2. The highest BCUT2D eigenvalue weighted by molar-refractivity contribution is 5.97. The summed E-state index contributed by atoms with van der Waals surface area (Å²) in [6.07, 6.45) is 0.0190. The van der Waals surface area contributed by atoms with Crippen molar-refractivity contribution in [2.24, 2.45) is 0 Å². The number of aromatic nitrogens is 2. The number of benzene rings is 2. The van der Waals surface area contributed by atoms with Crippen LogP contribution in [0.15, 0.2) is 58.1 Å². The summed E-state index contributed by atoms with van der Waals surface area (Å²) in [4.78, 5) is 53.4. The van der Waals surface area contributed by atoms with E-state index >= 15 is 0 Å². The Hall–Kier alpha value is -4.14. The monoisotopic (exact) mass is 464 g/mol. The number of H-pyrrole nitrogens is 1. The molecular formula is C25H28N4O5. The molecule has 0 fully saturated rings. The molecule has 2 aromatic carbocycles. The summed E-state index contributed by atoms with van der Waals surface area (Å²) in [5.74, 6) is -1.34. The van der Waals surface area contributed by atoms with Gasteiger partial charge in [0.25, 0.3) is 11.5 Å². The second kappa shape index (κ2) is 10.7. The van der Waals surface area contributed by atoms with Gasteiger partial charge in [0, 0.05) is 6.54 Å². The number of hydrogen-bond acceptors (Lipinski definition) is 6. The Labute approximate surface area is 196 Å². The topological polar surface area (TPSA) is 127 Å². The minimum Gasteiger partial charge on any atom is -0.455 e. The molecule has 34 heavy (non-hydrogen) atoms. The molecule has 0 unspecified atom stereocenters. The van der Waals surface area contributed by atoms with Crippen LogP contribution in [-0.4, -0.2) is 34.6 Å². The van der Waals surface area contributed by atoms with E-state index in [2.05, 4.69) is 4.98 Å². The van der Waals surface area contributed by atoms with Gasteiger partial charge in [0.15, 0.2) is 12.3 Å². The zero-order chi connectivity index (χ0) is 24.8. The van der Waals surface area contributed by atoms with Gasteiger partial charge in [-0.2, -0.15) is 0 Å². The molecule has 9 heteroatoms. The number of hydrogen-bond donors (Lipinski definition) is 2. The SMILES string of the molecule is CCN(C(=O)COC(=O)Cc1ccc(C)c(C)c1)c1c(N)n(Cc2ccccc2)c(=O)[nH]c1=O. The van der Waals surface area contributed by atoms with Crippen LogP contribution in [0.2, 0.25) is 0 Å². The Morgan fingerprint density at radius 2 is 1.74 bits per heavy atom. The number of rotatable bonds is 8. The molecule has 3 rings (SSSR count). The standard InChI is InChI=1S/C25H28N4O5/c1-4-28(20(30)15-34-21(31)13-19-11-10-16(2)17(3)12-19)22-23(26)29(25(33)27-24(22)32)14-18-8-6-5-7-9-18/h5-12H,4,13-15,26H2,1-3H3,(H,27,32,33). The van der Waals surface area contributed by atoms with Gasteiger partial charge in [-0.3, -0.25) is 23.9 Å². The van der Waals surface area contributed by atoms with E-state index in [1.807, 2.05) is 62.4 Å². The number of aryl methyl sites for hydroxylation is 2. The zero-order valence-electron chi connectivity index (χ0n) is 19.5. The van der Waals surface area contributed by atoms with Gasteiger partial charge in [0.05, 0.1) is 13.0 Å². The molecule has 0 aliphatic carbocycles. The third-order valence-electron chi connectivity index (χ3n) is 5.56. The van der Waals surface area contributed by atoms with Crippen LogP contribution in [0.1, 0.15) is 29.2 Å². The van der Waals surface area contributed by atoms with Crippen molar-refractivity contribution in [3.05, 3.63) is 91.6 Å². The minimum absolute atomic E-state index is 0.0190. The highest BCUT2D eigenvalue weighted by Gasteiger charge is 2.24. The number of carbonyl (C=O) groups excluding carboxylic acids is 2. The summed E-state index contributed by atoms with van der Waals surface area (Å²) in [5, 5.41) is 0. The fourth-order valence-corrected chi connectivity index (χ4v) is 3.57. The number of nitrogens with one attached hydrogen (secondary N) is 1. The van der Waals surface area contributed by atoms with Crippen molar-refractivity contribution in [3.8, 4) is 0 Å². The molecular weight excluding hydrogens is 436 g/mol. The van der Waals surface area contributed by atoms with Crippen molar-refractivity contribution in [3.63, 3.8) is 0 Å². The van der Waals surface area contributed by atoms with Crippen LogP contribution in [0.3, 0.4) is 0 Å². The lowest BCUT2D eigenvalue weighted by atomic mass is 10.0. The molecule has 1 aromatic heterocycles. The first kappa shape index (κ1) is 24.5. The Morgan fingerprint density at radius 3 is 2.38 bits per heavy atom. The molecule has 0 saturated carbocycles. The summed E-state index contributed by atoms with van der Waals surface area (Å²) in [7, 11) is 0. The molecule has 0 radical (unpaired) electrons. The smallest absolute Gasteiger partial charge is 0.330 e. The number of carbonyl (C=O) groups is 2. The van der Waals surface area contributed by atoms with E-state index in [0.29, 0.717) is 0 Å². The number of esters is 1. The van der Waals surface area contributed by atoms with Crippen molar-refractivity contribution >= 4 is 23.4 Å². The van der Waals surface area contributed by atoms with Crippen molar-refractivity contribution in [1.82, 2.24) is 9.55 Å². The number of aromatic amines is 1. The number of ether oxygens (including phenoxy) is 1. The fourth-order valence-electron chi connectivity index (χ4n) is 3.57. The summed E-state index contributed by atoms with van der Waals surface area (Å²) in [5.41, 5.74) is 8.29. The lowest BCUT2D eigenvalue weighted by Gasteiger charge is -2.23. The third-order valence-corrected chi connectivity index (χ3v) is 5.56. The van der Waals surface area contributed by atoms with Crippen molar-refractivity contribution in [2.45, 2.75) is 33.7 Å². The summed E-state index contributed by atoms with van der Waals surface area (Å²) in [6.45, 7) is 5.22. The minimum atomic E-state index is -0.788. The predicted molar refractivity (Wildman–Crippen MR) is 130 cm³/mol. The van der Waals surface area contributed by atoms with Crippen LogP contribution < -0.4 is 21.9 Å². The Bertz CT molecular complexity index is 1310. The maximum Gasteiger partial charge on any atom is 0.330 e. The Kier molecular flexibility index (Phi) is 7.68. The number of nitrogens with two attached hydrogens (primary N) is 1. The van der Waals surface area contributed by atoms with Crippen LogP contribution in [-0.2, 0) is 27.3 Å². The van der Waals surface area contributed by atoms with Gasteiger partial charge < -0.3 is 15.4 Å². The second-order valence-corrected chi connectivity index (χ2v) is 7.96. The summed E-state index contributed by atoms with van der Waals surface area (Å²) < 4.78 is 6.35. The fraction of sp³-hybridized carbons (Fsp3) is 0.280. The second-order valence-electron chi connectivity index (χ2n) is 7.96. The van der Waals surface area contributed by atoms with Gasteiger partial charge in [-0.05, 0) is 43.0 Å². The summed E-state index contributed by atoms with van der Waals surface area (Å²) >= 11 is 0. The maximum atomic E-state index is 12.8. The maximum absolute atomic E-state index is 12.8. The van der Waals surface area contributed by atoms with Gasteiger partial charge in [-0.1, -0.05) is 48.5 Å². The van der Waals surface area contributed by atoms with E-state index in [1.54, 1.807) is 6.92 Å². The highest BCUT2D eigenvalue weighted by Crippen LogP contribution is 2.18. The molecule has 0 bridgehead atoms. The lowest BCUT2D eigenvalue weighted by Crippen LogP contribution is -2.42. The van der Waals surface area contributed by atoms with E-state index < -0.39 is 29.7 Å². The summed E-state index contributed by atoms with van der Waals surface area (Å²) in [6, 6.07) is 14.7. The molecule has 0 spiro atoms. The molecule has 1 amide bonds. The number of nitrogen functional groups attached to an aromatic ring is 1. The van der Waals surface area contributed by atoms with E-state index in [4.69, 9.17) is 10.5 Å². The molecule has 0 aliphatic heterocycles. The largest absolute Gasteiger partial charge is 0.455 e. The van der Waals surface area contributed by atoms with Crippen molar-refractivity contribution in [1.29, 1.82) is 0 Å². The van der Waals surface area contributed by atoms with E-state index in [0.717, 1.165) is 27.2 Å². The molecule has 0 aliphatic rings. The normalized spacial score (nSPS) is 10.7. The van der Waals surface area contributed by atoms with Crippen LogP contribution in [0.4, 0.5) is 11.5 Å². The molecule has 3 aromatic rings. The van der Waals surface area contributed by atoms with Crippen LogP contribution in [0.25, 0.3) is 0 Å². The molecule has 1 heterocycles. The van der Waals surface area contributed by atoms with Crippen molar-refractivity contribution in [2.75, 3.05) is 23.8 Å². The first-order valence-electron chi connectivity index (χ1n) is 10.9. The Balaban J connectivity index is 1.77. The molecule has 178 valence electrons. The number of nitrogens with zero attached hydrogens (tertiary/aromatic N) is 2. The molecule has 9 nitrogen and oxygen atoms in total. The molecule has 3 N–H and O–H groups in total. The number of amides is 1. The van der Waals surface area contributed by atoms with Gasteiger partial charge in [-0.15, -0.1) is 0 Å². The quantitative estimate of drug-likeness (QED) is 0.490. The molecule has 0 atom stereocenters. The first-order valence-corrected chi connectivity index (χ1v) is 10.9. The molecule has 0 saturated heterocycles. The predicted octanol–water partition coefficient (Wildman–Crippen LogP) is 1.92. The average Bonchev–Trinajstić information content (AvgIpc) is 2.81. The lowest BCUT2D eigenvalue weighted by molar-refractivity contribution is -0.147. The average molecular weight is 465 g/mol. The van der Waals surface area contributed by atoms with Crippen LogP contribution in [0.5, 0.6) is 0 Å². The van der Waals surface area contributed by atoms with Crippen molar-refractivity contribution < 1.29 is 14.3 Å². The van der Waals surface area contributed by atoms with Gasteiger partial charge in [-0.25, -0.2) is 4.79 Å². The number of likely N-dealkylation sites (N-methyl/N-ethyl adjacent to an activating group) is 1. The van der Waals surface area contributed by atoms with E-state index in [9.17, 15) is 19.2 Å².